The van der Waals surface area contributed by atoms with Crippen molar-refractivity contribution < 1.29 is 13.2 Å². The third-order valence-corrected chi connectivity index (χ3v) is 2.26. The molecule has 1 atom stereocenters. The first-order valence-electron chi connectivity index (χ1n) is 4.84. The van der Waals surface area contributed by atoms with Gasteiger partial charge in [0.2, 0.25) is 0 Å². The van der Waals surface area contributed by atoms with Crippen molar-refractivity contribution in [3.8, 4) is 0 Å². The first kappa shape index (κ1) is 12.1. The molecule has 1 unspecified atom stereocenters. The van der Waals surface area contributed by atoms with Gasteiger partial charge in [0.25, 0.3) is 0 Å². The van der Waals surface area contributed by atoms with Crippen LogP contribution in [-0.2, 0) is 0 Å². The lowest BCUT2D eigenvalue weighted by Crippen LogP contribution is -2.53. The van der Waals surface area contributed by atoms with Crippen LogP contribution >= 0.6 is 0 Å². The second kappa shape index (κ2) is 3.57. The highest BCUT2D eigenvalue weighted by atomic mass is 19.4. The van der Waals surface area contributed by atoms with Crippen LogP contribution in [0.4, 0.5) is 13.2 Å². The maximum Gasteiger partial charge on any atom is 0.487 e. The number of halogens is 3. The molecule has 0 spiro atoms. The summed E-state index contributed by atoms with van der Waals surface area (Å²) in [5.41, 5.74) is -0.512. The van der Waals surface area contributed by atoms with Crippen molar-refractivity contribution in [2.75, 3.05) is 6.54 Å². The number of hydrogen-bond donors (Lipinski definition) is 0. The van der Waals surface area contributed by atoms with Crippen LogP contribution in [0.25, 0.3) is 0 Å². The Morgan fingerprint density at radius 2 is 1.80 bits per heavy atom. The Hall–Kier alpha value is -0.940. The number of hydrogen-bond acceptors (Lipinski definition) is 3. The SMILES string of the molecule is CCN1N=CN(C(F)(F)F)C1C(C)(C)C. The number of alkyl halides is 3. The third kappa shape index (κ3) is 2.35. The zero-order valence-electron chi connectivity index (χ0n) is 9.34. The molecule has 1 aliphatic heterocycles. The van der Waals surface area contributed by atoms with E-state index in [1.54, 1.807) is 27.7 Å². The Morgan fingerprint density at radius 3 is 2.13 bits per heavy atom. The number of rotatable bonds is 1. The highest BCUT2D eigenvalue weighted by molar-refractivity contribution is 5.57. The van der Waals surface area contributed by atoms with E-state index in [0.29, 0.717) is 11.4 Å². The summed E-state index contributed by atoms with van der Waals surface area (Å²) in [6, 6.07) is 0. The first-order chi connectivity index (χ1) is 6.68. The van der Waals surface area contributed by atoms with Gasteiger partial charge < -0.3 is 0 Å². The summed E-state index contributed by atoms with van der Waals surface area (Å²) in [4.78, 5) is 0.358. The predicted octanol–water partition coefficient (Wildman–Crippen LogP) is 2.46. The predicted molar refractivity (Wildman–Crippen MR) is 52.0 cm³/mol. The monoisotopic (exact) mass is 223 g/mol. The molecule has 0 saturated carbocycles. The van der Waals surface area contributed by atoms with Gasteiger partial charge in [-0.15, -0.1) is 13.2 Å². The molecule has 0 aliphatic carbocycles. The summed E-state index contributed by atoms with van der Waals surface area (Å²) >= 11 is 0. The van der Waals surface area contributed by atoms with Crippen LogP contribution in [0.3, 0.4) is 0 Å². The summed E-state index contributed by atoms with van der Waals surface area (Å²) in [6.07, 6.45) is -4.27. The Labute approximate surface area is 87.5 Å². The molecular formula is C9H16F3N3. The minimum atomic E-state index is -4.37. The minimum Gasteiger partial charge on any atom is -0.273 e. The zero-order valence-corrected chi connectivity index (χ0v) is 9.34. The lowest BCUT2D eigenvalue weighted by molar-refractivity contribution is -0.246. The van der Waals surface area contributed by atoms with Gasteiger partial charge in [0.1, 0.15) is 12.5 Å². The van der Waals surface area contributed by atoms with E-state index in [4.69, 9.17) is 0 Å². The lowest BCUT2D eigenvalue weighted by atomic mass is 9.91. The normalized spacial score (nSPS) is 22.7. The second-order valence-corrected chi connectivity index (χ2v) is 4.60. The molecule has 0 fully saturated rings. The summed E-state index contributed by atoms with van der Waals surface area (Å²) in [7, 11) is 0. The van der Waals surface area contributed by atoms with Gasteiger partial charge in [-0.2, -0.15) is 5.10 Å². The van der Waals surface area contributed by atoms with Crippen molar-refractivity contribution in [3.63, 3.8) is 0 Å². The highest BCUT2D eigenvalue weighted by Crippen LogP contribution is 2.36. The Morgan fingerprint density at radius 1 is 1.27 bits per heavy atom. The molecule has 88 valence electrons. The molecule has 0 amide bonds. The quantitative estimate of drug-likeness (QED) is 0.636. The number of hydrazone groups is 1. The number of nitrogens with zero attached hydrogens (tertiary/aromatic N) is 3. The Balaban J connectivity index is 2.96. The van der Waals surface area contributed by atoms with E-state index in [1.807, 2.05) is 0 Å². The highest BCUT2D eigenvalue weighted by Gasteiger charge is 2.49. The molecular weight excluding hydrogens is 207 g/mol. The Kier molecular flexibility index (Phi) is 2.89. The van der Waals surface area contributed by atoms with Crippen LogP contribution in [0.5, 0.6) is 0 Å². The molecule has 0 aromatic heterocycles. The van der Waals surface area contributed by atoms with Gasteiger partial charge in [-0.25, -0.2) is 4.90 Å². The maximum absolute atomic E-state index is 12.7. The van der Waals surface area contributed by atoms with Gasteiger partial charge in [0, 0.05) is 12.0 Å². The zero-order chi connectivity index (χ0) is 11.9. The first-order valence-corrected chi connectivity index (χ1v) is 4.84. The van der Waals surface area contributed by atoms with Crippen LogP contribution in [0, 0.1) is 5.41 Å². The van der Waals surface area contributed by atoms with Gasteiger partial charge in [0.05, 0.1) is 0 Å². The van der Waals surface area contributed by atoms with Gasteiger partial charge in [-0.05, 0) is 6.92 Å². The molecule has 0 radical (unpaired) electrons. The van der Waals surface area contributed by atoms with Gasteiger partial charge in [-0.1, -0.05) is 20.8 Å². The fourth-order valence-corrected chi connectivity index (χ4v) is 1.71. The van der Waals surface area contributed by atoms with E-state index < -0.39 is 17.9 Å². The summed E-state index contributed by atoms with van der Waals surface area (Å²) in [5.74, 6) is 0. The van der Waals surface area contributed by atoms with Crippen LogP contribution in [0.2, 0.25) is 0 Å². The van der Waals surface area contributed by atoms with Crippen LogP contribution in [0.1, 0.15) is 27.7 Å². The molecule has 0 saturated heterocycles. The maximum atomic E-state index is 12.7. The van der Waals surface area contributed by atoms with Crippen molar-refractivity contribution in [2.45, 2.75) is 40.2 Å². The minimum absolute atomic E-state index is 0.358. The van der Waals surface area contributed by atoms with Crippen molar-refractivity contribution >= 4 is 6.34 Å². The average molecular weight is 223 g/mol. The van der Waals surface area contributed by atoms with E-state index in [2.05, 4.69) is 5.10 Å². The molecule has 15 heavy (non-hydrogen) atoms. The van der Waals surface area contributed by atoms with Crippen molar-refractivity contribution in [1.29, 1.82) is 0 Å². The molecule has 1 heterocycles. The van der Waals surface area contributed by atoms with Crippen molar-refractivity contribution in [3.05, 3.63) is 0 Å². The largest absolute Gasteiger partial charge is 0.487 e. The van der Waals surface area contributed by atoms with Gasteiger partial charge >= 0.3 is 6.30 Å². The van der Waals surface area contributed by atoms with Crippen molar-refractivity contribution in [1.82, 2.24) is 9.91 Å². The average Bonchev–Trinajstić information content (AvgIpc) is 2.44. The molecule has 0 aromatic carbocycles. The second-order valence-electron chi connectivity index (χ2n) is 4.60. The molecule has 1 aliphatic rings. The smallest absolute Gasteiger partial charge is 0.273 e. The lowest BCUT2D eigenvalue weighted by Gasteiger charge is -2.39. The topological polar surface area (TPSA) is 18.8 Å². The molecule has 1 rings (SSSR count). The standard InChI is InChI=1S/C9H16F3N3/c1-5-15-7(8(2,3)4)14(6-13-15)9(10,11)12/h6-7H,5H2,1-4H3. The van der Waals surface area contributed by atoms with E-state index in [0.717, 1.165) is 6.34 Å². The third-order valence-electron chi connectivity index (χ3n) is 2.26. The van der Waals surface area contributed by atoms with Crippen LogP contribution in [-0.4, -0.2) is 35.3 Å². The molecule has 6 heteroatoms. The summed E-state index contributed by atoms with van der Waals surface area (Å²) in [6.45, 7) is 7.57. The summed E-state index contributed by atoms with van der Waals surface area (Å²) < 4.78 is 38.0. The Bertz CT molecular complexity index is 254. The summed E-state index contributed by atoms with van der Waals surface area (Å²) in [5, 5.41) is 5.22. The molecule has 3 nitrogen and oxygen atoms in total. The van der Waals surface area contributed by atoms with E-state index in [1.165, 1.54) is 5.01 Å². The van der Waals surface area contributed by atoms with Crippen LogP contribution < -0.4 is 0 Å². The molecule has 0 bridgehead atoms. The fraction of sp³-hybridized carbons (Fsp3) is 0.889. The van der Waals surface area contributed by atoms with E-state index >= 15 is 0 Å². The van der Waals surface area contributed by atoms with Crippen molar-refractivity contribution in [2.24, 2.45) is 10.5 Å². The van der Waals surface area contributed by atoms with E-state index in [-0.39, 0.29) is 0 Å². The van der Waals surface area contributed by atoms with Crippen LogP contribution in [0.15, 0.2) is 5.10 Å². The van der Waals surface area contributed by atoms with E-state index in [9.17, 15) is 13.2 Å². The molecule has 0 N–H and O–H groups in total. The molecule has 0 aromatic rings. The van der Waals surface area contributed by atoms with Gasteiger partial charge in [0.15, 0.2) is 0 Å². The van der Waals surface area contributed by atoms with Gasteiger partial charge in [-0.3, -0.25) is 5.01 Å². The fourth-order valence-electron chi connectivity index (χ4n) is 1.71.